The molecule has 0 radical (unpaired) electrons. The summed E-state index contributed by atoms with van der Waals surface area (Å²) < 4.78 is 0. The van der Waals surface area contributed by atoms with Gasteiger partial charge < -0.3 is 0 Å². The van der Waals surface area contributed by atoms with Crippen LogP contribution in [-0.4, -0.2) is 4.98 Å². The van der Waals surface area contributed by atoms with E-state index in [-0.39, 0.29) is 6.54 Å². The number of azide groups is 1. The highest BCUT2D eigenvalue weighted by atomic mass is 35.5. The summed E-state index contributed by atoms with van der Waals surface area (Å²) in [4.78, 5) is 7.04. The molecule has 1 heterocycles. The van der Waals surface area contributed by atoms with Gasteiger partial charge in [0.25, 0.3) is 0 Å². The summed E-state index contributed by atoms with van der Waals surface area (Å²) >= 11 is 7.55. The SMILES string of the molecule is [N-]=[N+]=NCc1csc(-c2ccccc2Cl)n1. The first kappa shape index (κ1) is 11.0. The fourth-order valence-electron chi connectivity index (χ4n) is 1.24. The van der Waals surface area contributed by atoms with Crippen LogP contribution < -0.4 is 0 Å². The molecule has 0 atom stereocenters. The van der Waals surface area contributed by atoms with Gasteiger partial charge in [-0.25, -0.2) is 4.98 Å². The highest BCUT2D eigenvalue weighted by Gasteiger charge is 2.07. The second-order valence-electron chi connectivity index (χ2n) is 3.01. The molecule has 2 aromatic rings. The monoisotopic (exact) mass is 250 g/mol. The highest BCUT2D eigenvalue weighted by molar-refractivity contribution is 7.13. The van der Waals surface area contributed by atoms with Gasteiger partial charge in [-0.05, 0) is 11.6 Å². The second-order valence-corrected chi connectivity index (χ2v) is 4.28. The highest BCUT2D eigenvalue weighted by Crippen LogP contribution is 2.30. The first-order chi connectivity index (χ1) is 7.81. The van der Waals surface area contributed by atoms with Gasteiger partial charge in [-0.1, -0.05) is 34.9 Å². The third-order valence-electron chi connectivity index (χ3n) is 1.95. The zero-order valence-corrected chi connectivity index (χ0v) is 9.74. The third kappa shape index (κ3) is 2.33. The van der Waals surface area contributed by atoms with E-state index in [0.29, 0.717) is 5.02 Å². The molecule has 80 valence electrons. The average molecular weight is 251 g/mol. The van der Waals surface area contributed by atoms with Crippen LogP contribution in [0.25, 0.3) is 21.0 Å². The first-order valence-electron chi connectivity index (χ1n) is 4.51. The van der Waals surface area contributed by atoms with Crippen molar-refractivity contribution in [3.63, 3.8) is 0 Å². The van der Waals surface area contributed by atoms with E-state index in [1.807, 2.05) is 29.6 Å². The first-order valence-corrected chi connectivity index (χ1v) is 5.77. The molecule has 0 fully saturated rings. The molecule has 0 spiro atoms. The number of benzene rings is 1. The lowest BCUT2D eigenvalue weighted by Crippen LogP contribution is -1.81. The predicted molar refractivity (Wildman–Crippen MR) is 65.4 cm³/mol. The third-order valence-corrected chi connectivity index (χ3v) is 3.21. The van der Waals surface area contributed by atoms with E-state index in [9.17, 15) is 0 Å². The molecule has 0 aliphatic carbocycles. The Labute approximate surface area is 101 Å². The van der Waals surface area contributed by atoms with Crippen LogP contribution in [0, 0.1) is 0 Å². The maximum Gasteiger partial charge on any atom is 0.125 e. The molecule has 16 heavy (non-hydrogen) atoms. The summed E-state index contributed by atoms with van der Waals surface area (Å²) in [6.07, 6.45) is 0. The molecule has 0 amide bonds. The number of thiazole rings is 1. The van der Waals surface area contributed by atoms with E-state index in [1.165, 1.54) is 11.3 Å². The van der Waals surface area contributed by atoms with Gasteiger partial charge in [0.15, 0.2) is 0 Å². The van der Waals surface area contributed by atoms with Crippen molar-refractivity contribution in [3.05, 3.63) is 50.8 Å². The van der Waals surface area contributed by atoms with E-state index in [1.54, 1.807) is 0 Å². The fourth-order valence-corrected chi connectivity index (χ4v) is 2.37. The Morgan fingerprint density at radius 1 is 1.44 bits per heavy atom. The van der Waals surface area contributed by atoms with Crippen molar-refractivity contribution < 1.29 is 0 Å². The van der Waals surface area contributed by atoms with Crippen molar-refractivity contribution in [2.45, 2.75) is 6.54 Å². The molecule has 4 nitrogen and oxygen atoms in total. The van der Waals surface area contributed by atoms with Crippen LogP contribution in [0.5, 0.6) is 0 Å². The molecule has 0 N–H and O–H groups in total. The van der Waals surface area contributed by atoms with Gasteiger partial charge in [0.05, 0.1) is 17.3 Å². The minimum Gasteiger partial charge on any atom is -0.241 e. The molecule has 0 saturated heterocycles. The zero-order chi connectivity index (χ0) is 11.4. The van der Waals surface area contributed by atoms with Gasteiger partial charge in [-0.2, -0.15) is 0 Å². The lowest BCUT2D eigenvalue weighted by atomic mass is 10.2. The topological polar surface area (TPSA) is 61.7 Å². The van der Waals surface area contributed by atoms with Crippen molar-refractivity contribution in [2.24, 2.45) is 5.11 Å². The lowest BCUT2D eigenvalue weighted by molar-refractivity contribution is 0.996. The molecule has 0 bridgehead atoms. The lowest BCUT2D eigenvalue weighted by Gasteiger charge is -1.98. The smallest absolute Gasteiger partial charge is 0.125 e. The number of aromatic nitrogens is 1. The summed E-state index contributed by atoms with van der Waals surface area (Å²) in [5, 5.41) is 6.85. The Hall–Kier alpha value is -1.55. The summed E-state index contributed by atoms with van der Waals surface area (Å²) in [6, 6.07) is 7.53. The van der Waals surface area contributed by atoms with Crippen LogP contribution in [0.2, 0.25) is 5.02 Å². The Bertz CT molecular complexity index is 545. The molecule has 0 saturated carbocycles. The van der Waals surface area contributed by atoms with Crippen LogP contribution in [-0.2, 0) is 6.54 Å². The Kier molecular flexibility index (Phi) is 3.41. The molecular formula is C10H7ClN4S. The summed E-state index contributed by atoms with van der Waals surface area (Å²) in [5.41, 5.74) is 9.87. The van der Waals surface area contributed by atoms with Crippen LogP contribution >= 0.6 is 22.9 Å². The van der Waals surface area contributed by atoms with Crippen molar-refractivity contribution in [3.8, 4) is 10.6 Å². The number of halogens is 1. The van der Waals surface area contributed by atoms with Crippen LogP contribution in [0.15, 0.2) is 34.8 Å². The van der Waals surface area contributed by atoms with E-state index in [4.69, 9.17) is 17.1 Å². The van der Waals surface area contributed by atoms with Gasteiger partial charge in [0, 0.05) is 15.9 Å². The summed E-state index contributed by atoms with van der Waals surface area (Å²) in [7, 11) is 0. The molecule has 1 aromatic carbocycles. The van der Waals surface area contributed by atoms with Gasteiger partial charge >= 0.3 is 0 Å². The minimum absolute atomic E-state index is 0.275. The predicted octanol–water partition coefficient (Wildman–Crippen LogP) is 4.27. The molecule has 0 aliphatic heterocycles. The standard InChI is InChI=1S/C10H7ClN4S/c11-9-4-2-1-3-8(9)10-14-7(6-16-10)5-13-15-12/h1-4,6H,5H2. The average Bonchev–Trinajstić information content (AvgIpc) is 2.75. The molecule has 0 unspecified atom stereocenters. The number of nitrogens with zero attached hydrogens (tertiary/aromatic N) is 4. The number of rotatable bonds is 3. The Morgan fingerprint density at radius 3 is 3.00 bits per heavy atom. The quantitative estimate of drug-likeness (QED) is 0.456. The van der Waals surface area contributed by atoms with Gasteiger partial charge in [0.2, 0.25) is 0 Å². The van der Waals surface area contributed by atoms with Crippen molar-refractivity contribution in [1.82, 2.24) is 4.98 Å². The van der Waals surface area contributed by atoms with E-state index >= 15 is 0 Å². The second kappa shape index (κ2) is 4.99. The van der Waals surface area contributed by atoms with Gasteiger partial charge in [-0.15, -0.1) is 11.3 Å². The van der Waals surface area contributed by atoms with E-state index < -0.39 is 0 Å². The molecule has 0 aliphatic rings. The van der Waals surface area contributed by atoms with Crippen molar-refractivity contribution >= 4 is 22.9 Å². The molecular weight excluding hydrogens is 244 g/mol. The van der Waals surface area contributed by atoms with Gasteiger partial charge in [-0.3, -0.25) is 0 Å². The molecule has 6 heteroatoms. The maximum absolute atomic E-state index is 8.21. The van der Waals surface area contributed by atoms with E-state index in [0.717, 1.165) is 16.3 Å². The largest absolute Gasteiger partial charge is 0.241 e. The normalized spacial score (nSPS) is 9.81. The molecule has 2 rings (SSSR count). The minimum atomic E-state index is 0.275. The Morgan fingerprint density at radius 2 is 2.25 bits per heavy atom. The van der Waals surface area contributed by atoms with Crippen LogP contribution in [0.1, 0.15) is 5.69 Å². The van der Waals surface area contributed by atoms with Crippen LogP contribution in [0.4, 0.5) is 0 Å². The van der Waals surface area contributed by atoms with Crippen LogP contribution in [0.3, 0.4) is 0 Å². The summed E-state index contributed by atoms with van der Waals surface area (Å²) in [5.74, 6) is 0. The van der Waals surface area contributed by atoms with Gasteiger partial charge in [0.1, 0.15) is 5.01 Å². The van der Waals surface area contributed by atoms with Crippen molar-refractivity contribution in [1.29, 1.82) is 0 Å². The Balaban J connectivity index is 2.31. The molecule has 1 aromatic heterocycles. The summed E-state index contributed by atoms with van der Waals surface area (Å²) in [6.45, 7) is 0.275. The number of hydrogen-bond acceptors (Lipinski definition) is 3. The number of hydrogen-bond donors (Lipinski definition) is 0. The maximum atomic E-state index is 8.21. The van der Waals surface area contributed by atoms with Crippen molar-refractivity contribution in [2.75, 3.05) is 0 Å². The zero-order valence-electron chi connectivity index (χ0n) is 8.17. The fraction of sp³-hybridized carbons (Fsp3) is 0.100. The van der Waals surface area contributed by atoms with E-state index in [2.05, 4.69) is 15.0 Å².